The molecule has 0 aromatic carbocycles. The number of carbonyl (C=O) groups is 2. The van der Waals surface area contributed by atoms with Gasteiger partial charge in [-0.1, -0.05) is 6.07 Å². The Hall–Kier alpha value is -2.21. The van der Waals surface area contributed by atoms with Gasteiger partial charge >= 0.3 is 0 Å². The van der Waals surface area contributed by atoms with Crippen LogP contribution in [-0.2, 0) is 11.3 Å². The van der Waals surface area contributed by atoms with Crippen LogP contribution in [0, 0.1) is 6.92 Å². The van der Waals surface area contributed by atoms with Crippen LogP contribution in [0.5, 0.6) is 0 Å². The number of rotatable bonds is 3. The summed E-state index contributed by atoms with van der Waals surface area (Å²) >= 11 is 1.48. The molecule has 0 unspecified atom stereocenters. The Morgan fingerprint density at radius 1 is 1.38 bits per heavy atom. The maximum Gasteiger partial charge on any atom is 0.264 e. The van der Waals surface area contributed by atoms with Crippen molar-refractivity contribution in [3.63, 3.8) is 0 Å². The van der Waals surface area contributed by atoms with E-state index in [9.17, 15) is 9.59 Å². The third-order valence-corrected chi connectivity index (χ3v) is 6.01. The lowest BCUT2D eigenvalue weighted by Gasteiger charge is -2.25. The van der Waals surface area contributed by atoms with Crippen molar-refractivity contribution in [1.82, 2.24) is 14.8 Å². The lowest BCUT2D eigenvalue weighted by molar-refractivity contribution is -0.129. The topological polar surface area (TPSA) is 53.5 Å². The molecule has 0 saturated carbocycles. The van der Waals surface area contributed by atoms with Gasteiger partial charge in [0, 0.05) is 31.9 Å². The van der Waals surface area contributed by atoms with Crippen LogP contribution in [-0.4, -0.2) is 45.2 Å². The second-order valence-electron chi connectivity index (χ2n) is 6.44. The summed E-state index contributed by atoms with van der Waals surface area (Å²) in [5.41, 5.74) is 2.05. The summed E-state index contributed by atoms with van der Waals surface area (Å²) in [4.78, 5) is 34.1. The van der Waals surface area contributed by atoms with E-state index in [-0.39, 0.29) is 23.9 Å². The second kappa shape index (κ2) is 6.02. The highest BCUT2D eigenvalue weighted by atomic mass is 32.1. The Labute approximate surface area is 144 Å². The Morgan fingerprint density at radius 2 is 2.25 bits per heavy atom. The molecule has 2 atom stereocenters. The van der Waals surface area contributed by atoms with Crippen LogP contribution < -0.4 is 0 Å². The van der Waals surface area contributed by atoms with E-state index in [0.29, 0.717) is 13.0 Å². The Morgan fingerprint density at radius 3 is 2.96 bits per heavy atom. The van der Waals surface area contributed by atoms with Gasteiger partial charge in [-0.2, -0.15) is 0 Å². The number of hydrogen-bond donors (Lipinski definition) is 0. The minimum atomic E-state index is 0.00294. The quantitative estimate of drug-likeness (QED) is 0.862. The van der Waals surface area contributed by atoms with Crippen molar-refractivity contribution in [2.75, 3.05) is 6.54 Å². The number of fused-ring (bicyclic) bond motifs is 1. The van der Waals surface area contributed by atoms with Crippen LogP contribution in [0.15, 0.2) is 36.0 Å². The maximum atomic E-state index is 12.8. The SMILES string of the molecule is Cc1ccsc1C(=O)N1CC[C@@H]2[C@@H]1CC(=O)N2Cc1cccnc1. The number of likely N-dealkylation sites (tertiary alicyclic amines) is 2. The summed E-state index contributed by atoms with van der Waals surface area (Å²) < 4.78 is 0. The van der Waals surface area contributed by atoms with E-state index < -0.39 is 0 Å². The number of thiophene rings is 1. The first-order chi connectivity index (χ1) is 11.6. The van der Waals surface area contributed by atoms with Gasteiger partial charge in [0.25, 0.3) is 5.91 Å². The van der Waals surface area contributed by atoms with Crippen molar-refractivity contribution in [2.45, 2.75) is 38.4 Å². The van der Waals surface area contributed by atoms with Gasteiger partial charge in [0.2, 0.25) is 5.91 Å². The number of aromatic nitrogens is 1. The highest BCUT2D eigenvalue weighted by molar-refractivity contribution is 7.12. The molecule has 2 saturated heterocycles. The molecule has 2 aromatic heterocycles. The molecule has 0 spiro atoms. The van der Waals surface area contributed by atoms with Gasteiger partial charge in [0.15, 0.2) is 0 Å². The fraction of sp³-hybridized carbons (Fsp3) is 0.389. The predicted octanol–water partition coefficient (Wildman–Crippen LogP) is 2.47. The summed E-state index contributed by atoms with van der Waals surface area (Å²) in [6.45, 7) is 3.27. The molecule has 24 heavy (non-hydrogen) atoms. The highest BCUT2D eigenvalue weighted by Crippen LogP contribution is 2.35. The molecule has 4 heterocycles. The Balaban J connectivity index is 1.53. The number of amides is 2. The van der Waals surface area contributed by atoms with Crippen molar-refractivity contribution in [1.29, 1.82) is 0 Å². The Kier molecular flexibility index (Phi) is 3.84. The third-order valence-electron chi connectivity index (χ3n) is 5.01. The van der Waals surface area contributed by atoms with Gasteiger partial charge < -0.3 is 9.80 Å². The normalized spacial score (nSPS) is 23.0. The first-order valence-corrected chi connectivity index (χ1v) is 9.06. The molecule has 2 aromatic rings. The number of carbonyl (C=O) groups excluding carboxylic acids is 2. The van der Waals surface area contributed by atoms with Crippen LogP contribution in [0.2, 0.25) is 0 Å². The van der Waals surface area contributed by atoms with Crippen molar-refractivity contribution in [3.05, 3.63) is 52.0 Å². The van der Waals surface area contributed by atoms with E-state index in [1.807, 2.05) is 40.3 Å². The molecule has 2 aliphatic rings. The molecule has 0 N–H and O–H groups in total. The Bertz CT molecular complexity index is 774. The lowest BCUT2D eigenvalue weighted by atomic mass is 10.1. The molecule has 2 fully saturated rings. The lowest BCUT2D eigenvalue weighted by Crippen LogP contribution is -2.39. The molecule has 0 radical (unpaired) electrons. The van der Waals surface area contributed by atoms with E-state index in [0.717, 1.165) is 29.0 Å². The van der Waals surface area contributed by atoms with Gasteiger partial charge in [0.1, 0.15) is 0 Å². The molecule has 6 heteroatoms. The molecule has 4 rings (SSSR count). The van der Waals surface area contributed by atoms with Gasteiger partial charge in [0.05, 0.1) is 17.0 Å². The maximum absolute atomic E-state index is 12.8. The monoisotopic (exact) mass is 341 g/mol. The predicted molar refractivity (Wildman–Crippen MR) is 91.7 cm³/mol. The highest BCUT2D eigenvalue weighted by Gasteiger charge is 2.48. The van der Waals surface area contributed by atoms with Crippen LogP contribution in [0.3, 0.4) is 0 Å². The van der Waals surface area contributed by atoms with E-state index in [1.165, 1.54) is 11.3 Å². The molecule has 2 aliphatic heterocycles. The van der Waals surface area contributed by atoms with Gasteiger partial charge in [-0.25, -0.2) is 0 Å². The summed E-state index contributed by atoms with van der Waals surface area (Å²) in [5.74, 6) is 0.209. The molecular formula is C18H19N3O2S. The summed E-state index contributed by atoms with van der Waals surface area (Å²) in [6.07, 6.45) is 4.82. The van der Waals surface area contributed by atoms with Crippen LogP contribution in [0.25, 0.3) is 0 Å². The van der Waals surface area contributed by atoms with Crippen LogP contribution in [0.1, 0.15) is 33.6 Å². The van der Waals surface area contributed by atoms with Crippen molar-refractivity contribution < 1.29 is 9.59 Å². The zero-order valence-corrected chi connectivity index (χ0v) is 14.3. The van der Waals surface area contributed by atoms with E-state index in [1.54, 1.807) is 12.4 Å². The van der Waals surface area contributed by atoms with Crippen LogP contribution >= 0.6 is 11.3 Å². The number of aryl methyl sites for hydroxylation is 1. The zero-order valence-electron chi connectivity index (χ0n) is 13.5. The van der Waals surface area contributed by atoms with Crippen molar-refractivity contribution >= 4 is 23.2 Å². The number of hydrogen-bond acceptors (Lipinski definition) is 4. The summed E-state index contributed by atoms with van der Waals surface area (Å²) in [6, 6.07) is 5.97. The van der Waals surface area contributed by atoms with E-state index in [4.69, 9.17) is 0 Å². The van der Waals surface area contributed by atoms with E-state index >= 15 is 0 Å². The van der Waals surface area contributed by atoms with Gasteiger partial charge in [-0.3, -0.25) is 14.6 Å². The molecule has 124 valence electrons. The minimum absolute atomic E-state index is 0.00294. The zero-order chi connectivity index (χ0) is 16.7. The average Bonchev–Trinajstić information content (AvgIpc) is 3.26. The second-order valence-corrected chi connectivity index (χ2v) is 7.36. The number of nitrogens with zero attached hydrogens (tertiary/aromatic N) is 3. The molecular weight excluding hydrogens is 322 g/mol. The first-order valence-electron chi connectivity index (χ1n) is 8.18. The average molecular weight is 341 g/mol. The van der Waals surface area contributed by atoms with E-state index in [2.05, 4.69) is 4.98 Å². The minimum Gasteiger partial charge on any atom is -0.333 e. The van der Waals surface area contributed by atoms with Gasteiger partial charge in [-0.15, -0.1) is 11.3 Å². The fourth-order valence-corrected chi connectivity index (χ4v) is 4.68. The number of pyridine rings is 1. The molecule has 0 aliphatic carbocycles. The van der Waals surface area contributed by atoms with Gasteiger partial charge in [-0.05, 0) is 42.0 Å². The first kappa shape index (κ1) is 15.3. The third kappa shape index (κ3) is 2.51. The van der Waals surface area contributed by atoms with Crippen molar-refractivity contribution in [2.24, 2.45) is 0 Å². The summed E-state index contributed by atoms with van der Waals surface area (Å²) in [5, 5.41) is 1.95. The molecule has 5 nitrogen and oxygen atoms in total. The summed E-state index contributed by atoms with van der Waals surface area (Å²) in [7, 11) is 0. The largest absolute Gasteiger partial charge is 0.333 e. The fourth-order valence-electron chi connectivity index (χ4n) is 3.80. The molecule has 0 bridgehead atoms. The molecule has 2 amide bonds. The smallest absolute Gasteiger partial charge is 0.264 e. The van der Waals surface area contributed by atoms with Crippen LogP contribution in [0.4, 0.5) is 0 Å². The standard InChI is InChI=1S/C18H19N3O2S/c1-12-5-8-24-17(12)18(23)20-7-4-14-15(20)9-16(22)21(14)11-13-3-2-6-19-10-13/h2-3,5-6,8,10,14-15H,4,7,9,11H2,1H3/t14-,15+/m1/s1. The van der Waals surface area contributed by atoms with Crippen molar-refractivity contribution in [3.8, 4) is 0 Å².